The lowest BCUT2D eigenvalue weighted by Gasteiger charge is -2.12. The van der Waals surface area contributed by atoms with Gasteiger partial charge in [-0.3, -0.25) is 4.68 Å². The molecule has 0 radical (unpaired) electrons. The van der Waals surface area contributed by atoms with Gasteiger partial charge in [0.05, 0.1) is 11.4 Å². The Bertz CT molecular complexity index is 523. The van der Waals surface area contributed by atoms with E-state index in [0.29, 0.717) is 24.5 Å². The Hall–Kier alpha value is -0.550. The van der Waals surface area contributed by atoms with E-state index in [4.69, 9.17) is 10.7 Å². The lowest BCUT2D eigenvalue weighted by molar-refractivity contribution is 0.410. The van der Waals surface area contributed by atoms with E-state index in [-0.39, 0.29) is 4.90 Å². The van der Waals surface area contributed by atoms with Crippen molar-refractivity contribution in [2.24, 2.45) is 5.92 Å². The summed E-state index contributed by atoms with van der Waals surface area (Å²) in [5, 5.41) is 4.44. The van der Waals surface area contributed by atoms with Crippen LogP contribution in [0.5, 0.6) is 0 Å². The molecule has 0 aliphatic rings. The molecule has 1 heterocycles. The van der Waals surface area contributed by atoms with Crippen molar-refractivity contribution in [2.75, 3.05) is 0 Å². The van der Waals surface area contributed by atoms with Gasteiger partial charge in [-0.05, 0) is 25.2 Å². The van der Waals surface area contributed by atoms with Crippen molar-refractivity contribution < 1.29 is 8.42 Å². The molecule has 0 aliphatic carbocycles. The smallest absolute Gasteiger partial charge is 0.264 e. The molecule has 0 saturated heterocycles. The summed E-state index contributed by atoms with van der Waals surface area (Å²) in [6, 6.07) is 0. The zero-order valence-corrected chi connectivity index (χ0v) is 13.7. The maximum Gasteiger partial charge on any atom is 0.264 e. The molecule has 1 rings (SSSR count). The lowest BCUT2D eigenvalue weighted by Crippen LogP contribution is -2.12. The summed E-state index contributed by atoms with van der Waals surface area (Å²) < 4.78 is 25.3. The van der Waals surface area contributed by atoms with Crippen molar-refractivity contribution in [1.29, 1.82) is 0 Å². The third kappa shape index (κ3) is 3.96. The van der Waals surface area contributed by atoms with Crippen LogP contribution in [0.1, 0.15) is 51.9 Å². The molecule has 110 valence electrons. The maximum atomic E-state index is 11.7. The highest BCUT2D eigenvalue weighted by Gasteiger charge is 2.25. The van der Waals surface area contributed by atoms with E-state index in [1.54, 1.807) is 0 Å². The van der Waals surface area contributed by atoms with Crippen LogP contribution >= 0.6 is 10.7 Å². The van der Waals surface area contributed by atoms with Gasteiger partial charge in [0, 0.05) is 17.2 Å². The van der Waals surface area contributed by atoms with Crippen LogP contribution in [0.4, 0.5) is 0 Å². The molecule has 1 aromatic rings. The minimum absolute atomic E-state index is 0.225. The predicted molar refractivity (Wildman–Crippen MR) is 78.1 cm³/mol. The summed E-state index contributed by atoms with van der Waals surface area (Å²) in [7, 11) is 1.83. The number of halogens is 1. The van der Waals surface area contributed by atoms with Crippen LogP contribution < -0.4 is 0 Å². The topological polar surface area (TPSA) is 52.0 Å². The molecule has 0 aliphatic heterocycles. The molecule has 6 heteroatoms. The molecule has 1 atom stereocenters. The molecule has 0 N–H and O–H groups in total. The Kier molecular flexibility index (Phi) is 5.86. The number of aromatic nitrogens is 2. The van der Waals surface area contributed by atoms with Gasteiger partial charge in [0.25, 0.3) is 9.05 Å². The molecule has 1 unspecified atom stereocenters. The first-order valence-electron chi connectivity index (χ1n) is 6.88. The highest BCUT2D eigenvalue weighted by Crippen LogP contribution is 2.26. The van der Waals surface area contributed by atoms with Gasteiger partial charge in [-0.1, -0.05) is 34.1 Å². The normalized spacial score (nSPS) is 13.7. The van der Waals surface area contributed by atoms with Crippen molar-refractivity contribution in [1.82, 2.24) is 9.78 Å². The Labute approximate surface area is 120 Å². The maximum absolute atomic E-state index is 11.7. The first-order valence-corrected chi connectivity index (χ1v) is 9.19. The summed E-state index contributed by atoms with van der Waals surface area (Å²) in [4.78, 5) is 0.225. The highest BCUT2D eigenvalue weighted by molar-refractivity contribution is 8.13. The second-order valence-corrected chi connectivity index (χ2v) is 7.45. The first kappa shape index (κ1) is 16.5. The molecular weight excluding hydrogens is 284 g/mol. The fourth-order valence-electron chi connectivity index (χ4n) is 2.42. The monoisotopic (exact) mass is 306 g/mol. The number of aryl methyl sites for hydroxylation is 1. The van der Waals surface area contributed by atoms with Crippen molar-refractivity contribution in [2.45, 2.75) is 64.8 Å². The van der Waals surface area contributed by atoms with Gasteiger partial charge in [-0.2, -0.15) is 5.10 Å². The van der Waals surface area contributed by atoms with E-state index in [0.717, 1.165) is 25.1 Å². The molecule has 0 saturated carbocycles. The zero-order valence-electron chi connectivity index (χ0n) is 12.1. The summed E-state index contributed by atoms with van der Waals surface area (Å²) in [6.45, 7) is 8.88. The predicted octanol–water partition coefficient (Wildman–Crippen LogP) is 3.37. The molecule has 0 fully saturated rings. The average molecular weight is 307 g/mol. The van der Waals surface area contributed by atoms with Crippen LogP contribution in [0.3, 0.4) is 0 Å². The molecule has 4 nitrogen and oxygen atoms in total. The Morgan fingerprint density at radius 2 is 1.89 bits per heavy atom. The Balaban J connectivity index is 3.23. The zero-order chi connectivity index (χ0) is 14.6. The number of hydrogen-bond donors (Lipinski definition) is 0. The van der Waals surface area contributed by atoms with E-state index in [2.05, 4.69) is 18.9 Å². The quantitative estimate of drug-likeness (QED) is 0.726. The van der Waals surface area contributed by atoms with Gasteiger partial charge in [0.1, 0.15) is 4.90 Å². The van der Waals surface area contributed by atoms with Gasteiger partial charge in [-0.15, -0.1) is 0 Å². The SMILES string of the molecule is CCCC(C)Cn1nc(CC)c(S(=O)(=O)Cl)c1CC. The Morgan fingerprint density at radius 3 is 2.32 bits per heavy atom. The minimum Gasteiger partial charge on any atom is -0.268 e. The summed E-state index contributed by atoms with van der Waals surface area (Å²) in [6.07, 6.45) is 3.41. The molecule has 19 heavy (non-hydrogen) atoms. The van der Waals surface area contributed by atoms with E-state index in [1.165, 1.54) is 0 Å². The van der Waals surface area contributed by atoms with Crippen LogP contribution in [-0.2, 0) is 28.4 Å². The van der Waals surface area contributed by atoms with Crippen LogP contribution in [0.15, 0.2) is 4.90 Å². The second kappa shape index (κ2) is 6.75. The van der Waals surface area contributed by atoms with Crippen LogP contribution in [0.2, 0.25) is 0 Å². The van der Waals surface area contributed by atoms with Gasteiger partial charge in [0.2, 0.25) is 0 Å². The van der Waals surface area contributed by atoms with Gasteiger partial charge in [-0.25, -0.2) is 8.42 Å². The molecular formula is C13H23ClN2O2S. The summed E-state index contributed by atoms with van der Waals surface area (Å²) >= 11 is 0. The van der Waals surface area contributed by atoms with E-state index in [9.17, 15) is 8.42 Å². The van der Waals surface area contributed by atoms with Gasteiger partial charge in [0.15, 0.2) is 0 Å². The number of nitrogens with zero attached hydrogens (tertiary/aromatic N) is 2. The fourth-order valence-corrected chi connectivity index (χ4v) is 3.95. The van der Waals surface area contributed by atoms with E-state index in [1.807, 2.05) is 18.5 Å². The molecule has 0 spiro atoms. The highest BCUT2D eigenvalue weighted by atomic mass is 35.7. The third-order valence-electron chi connectivity index (χ3n) is 3.26. The minimum atomic E-state index is -3.73. The van der Waals surface area contributed by atoms with Crippen molar-refractivity contribution >= 4 is 19.7 Å². The lowest BCUT2D eigenvalue weighted by atomic mass is 10.1. The molecule has 1 aromatic heterocycles. The summed E-state index contributed by atoms with van der Waals surface area (Å²) in [5.41, 5.74) is 1.31. The van der Waals surface area contributed by atoms with Crippen molar-refractivity contribution in [3.8, 4) is 0 Å². The van der Waals surface area contributed by atoms with Gasteiger partial charge >= 0.3 is 0 Å². The number of hydrogen-bond acceptors (Lipinski definition) is 3. The molecule has 0 bridgehead atoms. The fraction of sp³-hybridized carbons (Fsp3) is 0.769. The standard InChI is InChI=1S/C13H23ClN2O2S/c1-5-8-10(4)9-16-12(7-3)13(19(14,17)18)11(6-2)15-16/h10H,5-9H2,1-4H3. The van der Waals surface area contributed by atoms with Crippen LogP contribution in [0.25, 0.3) is 0 Å². The van der Waals surface area contributed by atoms with Crippen LogP contribution in [0, 0.1) is 5.92 Å². The van der Waals surface area contributed by atoms with E-state index >= 15 is 0 Å². The van der Waals surface area contributed by atoms with Crippen molar-refractivity contribution in [3.05, 3.63) is 11.4 Å². The van der Waals surface area contributed by atoms with Crippen molar-refractivity contribution in [3.63, 3.8) is 0 Å². The first-order chi connectivity index (χ1) is 8.85. The average Bonchev–Trinajstić information content (AvgIpc) is 2.66. The molecule has 0 aromatic carbocycles. The van der Waals surface area contributed by atoms with Gasteiger partial charge < -0.3 is 0 Å². The van der Waals surface area contributed by atoms with E-state index < -0.39 is 9.05 Å². The third-order valence-corrected chi connectivity index (χ3v) is 4.68. The Morgan fingerprint density at radius 1 is 1.26 bits per heavy atom. The largest absolute Gasteiger partial charge is 0.268 e. The molecule has 0 amide bonds. The number of rotatable bonds is 7. The second-order valence-electron chi connectivity index (χ2n) is 4.94. The summed E-state index contributed by atoms with van der Waals surface area (Å²) in [5.74, 6) is 0.478. The van der Waals surface area contributed by atoms with Crippen LogP contribution in [-0.4, -0.2) is 18.2 Å².